The quantitative estimate of drug-likeness (QED) is 0.671. The summed E-state index contributed by atoms with van der Waals surface area (Å²) < 4.78 is 14.3. The van der Waals surface area contributed by atoms with Gasteiger partial charge in [0.2, 0.25) is 0 Å². The third-order valence-electron chi connectivity index (χ3n) is 2.37. The maximum absolute atomic E-state index is 13.3. The van der Waals surface area contributed by atoms with Gasteiger partial charge in [-0.2, -0.15) is 0 Å². The fourth-order valence-corrected chi connectivity index (χ4v) is 2.68. The molecule has 0 N–H and O–H groups in total. The lowest BCUT2D eigenvalue weighted by atomic mass is 10.0. The smallest absolute Gasteiger partial charge is 0.141 e. The van der Waals surface area contributed by atoms with Crippen LogP contribution in [-0.4, -0.2) is 0 Å². The van der Waals surface area contributed by atoms with E-state index in [9.17, 15) is 4.39 Å². The van der Waals surface area contributed by atoms with Crippen LogP contribution in [0.2, 0.25) is 0 Å². The van der Waals surface area contributed by atoms with Gasteiger partial charge in [-0.3, -0.25) is 0 Å². The molecule has 74 valence electrons. The van der Waals surface area contributed by atoms with Crippen LogP contribution >= 0.6 is 22.9 Å². The second kappa shape index (κ2) is 3.87. The number of hydrogen-bond donors (Lipinski definition) is 0. The highest BCUT2D eigenvalue weighted by Crippen LogP contribution is 2.28. The third kappa shape index (κ3) is 1.53. The van der Waals surface area contributed by atoms with Gasteiger partial charge in [0, 0.05) is 21.3 Å². The van der Waals surface area contributed by atoms with E-state index in [1.54, 1.807) is 5.38 Å². The van der Waals surface area contributed by atoms with Crippen LogP contribution in [0.3, 0.4) is 0 Å². The van der Waals surface area contributed by atoms with Gasteiger partial charge in [0.25, 0.3) is 0 Å². The van der Waals surface area contributed by atoms with Crippen LogP contribution in [0.5, 0.6) is 0 Å². The molecule has 0 aliphatic heterocycles. The molecular formula is C11H10ClFS. The summed E-state index contributed by atoms with van der Waals surface area (Å²) in [5.41, 5.74) is 2.26. The molecule has 1 aromatic carbocycles. The van der Waals surface area contributed by atoms with Crippen LogP contribution in [0.15, 0.2) is 17.5 Å². The molecule has 0 fully saturated rings. The molecule has 0 saturated carbocycles. The molecule has 0 radical (unpaired) electrons. The van der Waals surface area contributed by atoms with E-state index in [-0.39, 0.29) is 5.82 Å². The van der Waals surface area contributed by atoms with E-state index in [0.29, 0.717) is 5.88 Å². The zero-order valence-corrected chi connectivity index (χ0v) is 9.38. The van der Waals surface area contributed by atoms with E-state index in [0.717, 1.165) is 27.6 Å². The molecule has 0 amide bonds. The molecule has 0 aliphatic carbocycles. The maximum atomic E-state index is 13.3. The number of fused-ring (bicyclic) bond motifs is 1. The van der Waals surface area contributed by atoms with Crippen LogP contribution in [0.4, 0.5) is 4.39 Å². The fourth-order valence-electron chi connectivity index (χ4n) is 1.58. The van der Waals surface area contributed by atoms with Gasteiger partial charge in [0.05, 0.1) is 0 Å². The minimum atomic E-state index is -0.124. The molecule has 1 aromatic heterocycles. The van der Waals surface area contributed by atoms with Crippen LogP contribution in [0.25, 0.3) is 10.1 Å². The second-order valence-corrected chi connectivity index (χ2v) is 4.37. The molecule has 2 aromatic rings. The van der Waals surface area contributed by atoms with Crippen molar-refractivity contribution in [2.45, 2.75) is 19.2 Å². The van der Waals surface area contributed by atoms with Crippen LogP contribution in [0, 0.1) is 5.82 Å². The van der Waals surface area contributed by atoms with Gasteiger partial charge in [-0.25, -0.2) is 4.39 Å². The minimum Gasteiger partial charge on any atom is -0.205 e. The molecule has 0 nitrogen and oxygen atoms in total. The van der Waals surface area contributed by atoms with Crippen LogP contribution in [0.1, 0.15) is 18.1 Å². The van der Waals surface area contributed by atoms with Crippen LogP contribution in [-0.2, 0) is 12.3 Å². The Hall–Kier alpha value is -0.600. The van der Waals surface area contributed by atoms with Crippen molar-refractivity contribution in [3.63, 3.8) is 0 Å². The zero-order valence-electron chi connectivity index (χ0n) is 7.81. The topological polar surface area (TPSA) is 0 Å². The highest BCUT2D eigenvalue weighted by atomic mass is 35.5. The Balaban J connectivity index is 2.71. The van der Waals surface area contributed by atoms with E-state index >= 15 is 0 Å². The summed E-state index contributed by atoms with van der Waals surface area (Å²) in [6.07, 6.45) is 0.896. The molecule has 3 heteroatoms. The molecule has 0 unspecified atom stereocenters. The normalized spacial score (nSPS) is 11.1. The van der Waals surface area contributed by atoms with Crippen molar-refractivity contribution in [1.82, 2.24) is 0 Å². The minimum absolute atomic E-state index is 0.124. The summed E-state index contributed by atoms with van der Waals surface area (Å²) in [5, 5.41) is 2.27. The summed E-state index contributed by atoms with van der Waals surface area (Å²) in [6.45, 7) is 2.06. The summed E-state index contributed by atoms with van der Waals surface area (Å²) in [5.74, 6) is 0.374. The monoisotopic (exact) mass is 228 g/mol. The molecule has 0 bridgehead atoms. The Morgan fingerprint density at radius 3 is 2.79 bits per heavy atom. The SMILES string of the molecule is CCc1cc2c(F)csc2cc1CCl. The number of benzene rings is 1. The Bertz CT molecular complexity index is 462. The molecule has 0 atom stereocenters. The van der Waals surface area contributed by atoms with E-state index in [2.05, 4.69) is 6.92 Å². The van der Waals surface area contributed by atoms with Crippen LogP contribution < -0.4 is 0 Å². The van der Waals surface area contributed by atoms with Crippen molar-refractivity contribution in [1.29, 1.82) is 0 Å². The first-order valence-corrected chi connectivity index (χ1v) is 5.92. The number of aryl methyl sites for hydroxylation is 1. The standard InChI is InChI=1S/C11H10ClFS/c1-2-7-3-9-10(13)6-14-11(9)4-8(7)5-12/h3-4,6H,2,5H2,1H3. The Morgan fingerprint density at radius 2 is 2.14 bits per heavy atom. The highest BCUT2D eigenvalue weighted by Gasteiger charge is 2.07. The molecule has 0 saturated heterocycles. The second-order valence-electron chi connectivity index (χ2n) is 3.19. The van der Waals surface area contributed by atoms with Crippen molar-refractivity contribution >= 4 is 33.0 Å². The van der Waals surface area contributed by atoms with Gasteiger partial charge in [-0.1, -0.05) is 6.92 Å². The molecule has 14 heavy (non-hydrogen) atoms. The molecule has 0 spiro atoms. The first-order valence-electron chi connectivity index (χ1n) is 4.50. The van der Waals surface area contributed by atoms with Crippen molar-refractivity contribution in [2.75, 3.05) is 0 Å². The van der Waals surface area contributed by atoms with Gasteiger partial charge in [0.1, 0.15) is 5.82 Å². The van der Waals surface area contributed by atoms with Crippen molar-refractivity contribution in [3.8, 4) is 0 Å². The van der Waals surface area contributed by atoms with E-state index < -0.39 is 0 Å². The largest absolute Gasteiger partial charge is 0.205 e. The third-order valence-corrected chi connectivity index (χ3v) is 3.58. The maximum Gasteiger partial charge on any atom is 0.141 e. The predicted molar refractivity (Wildman–Crippen MR) is 60.7 cm³/mol. The molecule has 1 heterocycles. The van der Waals surface area contributed by atoms with Gasteiger partial charge in [-0.15, -0.1) is 22.9 Å². The Kier molecular flexibility index (Phi) is 2.75. The lowest BCUT2D eigenvalue weighted by Crippen LogP contribution is -1.89. The van der Waals surface area contributed by atoms with Crippen molar-refractivity contribution < 1.29 is 4.39 Å². The summed E-state index contributed by atoms with van der Waals surface area (Å²) in [7, 11) is 0. The lowest BCUT2D eigenvalue weighted by Gasteiger charge is -2.04. The van der Waals surface area contributed by atoms with Gasteiger partial charge < -0.3 is 0 Å². The number of alkyl halides is 1. The Labute approximate surface area is 91.3 Å². The van der Waals surface area contributed by atoms with Gasteiger partial charge in [-0.05, 0) is 29.7 Å². The molecule has 2 rings (SSSR count). The first-order chi connectivity index (χ1) is 6.76. The van der Waals surface area contributed by atoms with Crippen molar-refractivity contribution in [3.05, 3.63) is 34.5 Å². The number of rotatable bonds is 2. The van der Waals surface area contributed by atoms with Gasteiger partial charge in [0.15, 0.2) is 0 Å². The number of halogens is 2. The predicted octanol–water partition coefficient (Wildman–Crippen LogP) is 4.34. The highest BCUT2D eigenvalue weighted by molar-refractivity contribution is 7.17. The van der Waals surface area contributed by atoms with Gasteiger partial charge >= 0.3 is 0 Å². The summed E-state index contributed by atoms with van der Waals surface area (Å²) >= 11 is 7.26. The average Bonchev–Trinajstić information content (AvgIpc) is 2.58. The zero-order chi connectivity index (χ0) is 10.1. The number of thiophene rings is 1. The summed E-state index contributed by atoms with van der Waals surface area (Å²) in [4.78, 5) is 0. The fraction of sp³-hybridized carbons (Fsp3) is 0.273. The number of hydrogen-bond acceptors (Lipinski definition) is 1. The summed E-state index contributed by atoms with van der Waals surface area (Å²) in [6, 6.07) is 3.91. The molecule has 0 aliphatic rings. The lowest BCUT2D eigenvalue weighted by molar-refractivity contribution is 0.644. The van der Waals surface area contributed by atoms with E-state index in [4.69, 9.17) is 11.6 Å². The average molecular weight is 229 g/mol. The van der Waals surface area contributed by atoms with E-state index in [1.165, 1.54) is 11.3 Å². The molecular weight excluding hydrogens is 219 g/mol. The Morgan fingerprint density at radius 1 is 1.36 bits per heavy atom. The van der Waals surface area contributed by atoms with E-state index in [1.807, 2.05) is 12.1 Å². The van der Waals surface area contributed by atoms with Crippen molar-refractivity contribution in [2.24, 2.45) is 0 Å². The first kappa shape index (κ1) is 9.94.